The van der Waals surface area contributed by atoms with Crippen molar-refractivity contribution in [3.05, 3.63) is 77.3 Å². The fraction of sp³-hybridized carbons (Fsp3) is 0.267. The lowest BCUT2D eigenvalue weighted by Gasteiger charge is -2.15. The molecule has 6 aromatic rings. The number of aryl methyl sites for hydroxylation is 2. The summed E-state index contributed by atoms with van der Waals surface area (Å²) < 4.78 is 4.77. The standard InChI is InChI=1S/C30H26N3/c1-18-8-10-23-24-17-22(31-2)9-11-25(24)33-26-16-20(14-19-6-4-5-7-19)15-21-12-13-32(3)30(28(21)26)27(18)29(23)33/h8-13,15-17,19H,4-7,14H2,1,3H3/q+1. The Balaban J connectivity index is 1.72. The molecule has 1 saturated carbocycles. The molecule has 3 heteroatoms. The van der Waals surface area contributed by atoms with Crippen LogP contribution in [0.4, 0.5) is 5.69 Å². The molecule has 0 atom stereocenters. The SMILES string of the molecule is [C-]#[N+]c1ccc2c(c1)c1ccc(C)c3c1n2c1cc(CC2CCCC2)cc2cc[n+](C)c3c21. The Morgan fingerprint density at radius 2 is 1.82 bits per heavy atom. The molecule has 3 heterocycles. The fourth-order valence-corrected chi connectivity index (χ4v) is 6.50. The van der Waals surface area contributed by atoms with E-state index in [1.165, 1.54) is 92.2 Å². The predicted octanol–water partition coefficient (Wildman–Crippen LogP) is 7.41. The Bertz CT molecular complexity index is 1770. The average Bonchev–Trinajstić information content (AvgIpc) is 3.45. The van der Waals surface area contributed by atoms with E-state index in [0.29, 0.717) is 5.69 Å². The zero-order valence-electron chi connectivity index (χ0n) is 19.2. The summed E-state index contributed by atoms with van der Waals surface area (Å²) in [4.78, 5) is 3.72. The summed E-state index contributed by atoms with van der Waals surface area (Å²) in [6.07, 6.45) is 8.87. The Morgan fingerprint density at radius 3 is 2.64 bits per heavy atom. The van der Waals surface area contributed by atoms with E-state index in [1.807, 2.05) is 6.07 Å². The van der Waals surface area contributed by atoms with Crippen molar-refractivity contribution in [1.29, 1.82) is 0 Å². The summed E-state index contributed by atoms with van der Waals surface area (Å²) in [6, 6.07) is 17.8. The van der Waals surface area contributed by atoms with Gasteiger partial charge in [-0.05, 0) is 59.4 Å². The van der Waals surface area contributed by atoms with Crippen LogP contribution in [0.3, 0.4) is 0 Å². The van der Waals surface area contributed by atoms with Crippen LogP contribution in [0.2, 0.25) is 0 Å². The van der Waals surface area contributed by atoms with Gasteiger partial charge in [-0.25, -0.2) is 9.41 Å². The van der Waals surface area contributed by atoms with E-state index in [-0.39, 0.29) is 0 Å². The zero-order valence-corrected chi connectivity index (χ0v) is 19.2. The van der Waals surface area contributed by atoms with Crippen LogP contribution >= 0.6 is 0 Å². The number of aromatic nitrogens is 2. The van der Waals surface area contributed by atoms with Crippen LogP contribution in [0, 0.1) is 19.4 Å². The van der Waals surface area contributed by atoms with Crippen LogP contribution in [-0.2, 0) is 13.5 Å². The first-order chi connectivity index (χ1) is 16.1. The van der Waals surface area contributed by atoms with Crippen molar-refractivity contribution in [2.24, 2.45) is 13.0 Å². The van der Waals surface area contributed by atoms with Gasteiger partial charge in [0.25, 0.3) is 0 Å². The number of hydrogen-bond acceptors (Lipinski definition) is 0. The molecule has 3 aromatic heterocycles. The average molecular weight is 429 g/mol. The minimum absolute atomic E-state index is 0.700. The third kappa shape index (κ3) is 2.52. The van der Waals surface area contributed by atoms with Gasteiger partial charge in [0.05, 0.1) is 33.9 Å². The third-order valence-corrected chi connectivity index (χ3v) is 8.00. The van der Waals surface area contributed by atoms with Gasteiger partial charge in [0, 0.05) is 11.5 Å². The topological polar surface area (TPSA) is 12.6 Å². The molecule has 0 spiro atoms. The first-order valence-corrected chi connectivity index (χ1v) is 12.1. The van der Waals surface area contributed by atoms with Gasteiger partial charge in [-0.2, -0.15) is 0 Å². The quantitative estimate of drug-likeness (QED) is 0.118. The predicted molar refractivity (Wildman–Crippen MR) is 136 cm³/mol. The summed E-state index contributed by atoms with van der Waals surface area (Å²) in [7, 11) is 2.17. The van der Waals surface area contributed by atoms with Crippen molar-refractivity contribution < 1.29 is 4.57 Å². The maximum atomic E-state index is 7.54. The van der Waals surface area contributed by atoms with Crippen LogP contribution < -0.4 is 4.57 Å². The highest BCUT2D eigenvalue weighted by Gasteiger charge is 2.25. The second-order valence-corrected chi connectivity index (χ2v) is 10.0. The van der Waals surface area contributed by atoms with Gasteiger partial charge in [0.15, 0.2) is 11.9 Å². The molecule has 0 unspecified atom stereocenters. The van der Waals surface area contributed by atoms with Crippen molar-refractivity contribution in [2.75, 3.05) is 0 Å². The summed E-state index contributed by atoms with van der Waals surface area (Å²) in [5.74, 6) is 0.815. The van der Waals surface area contributed by atoms with Crippen molar-refractivity contribution >= 4 is 54.7 Å². The van der Waals surface area contributed by atoms with E-state index in [9.17, 15) is 0 Å². The highest BCUT2D eigenvalue weighted by atomic mass is 15.0. The molecule has 0 radical (unpaired) electrons. The van der Waals surface area contributed by atoms with Crippen molar-refractivity contribution in [1.82, 2.24) is 4.40 Å². The number of rotatable bonds is 2. The molecule has 1 fully saturated rings. The highest BCUT2D eigenvalue weighted by molar-refractivity contribution is 6.26. The van der Waals surface area contributed by atoms with Gasteiger partial charge >= 0.3 is 0 Å². The Kier molecular flexibility index (Phi) is 3.82. The molecular weight excluding hydrogens is 402 g/mol. The number of nitrogens with zero attached hydrogens (tertiary/aromatic N) is 3. The Labute approximate surface area is 193 Å². The van der Waals surface area contributed by atoms with Gasteiger partial charge in [-0.3, -0.25) is 0 Å². The molecule has 0 saturated heterocycles. The van der Waals surface area contributed by atoms with E-state index in [0.717, 1.165) is 5.92 Å². The lowest BCUT2D eigenvalue weighted by molar-refractivity contribution is -0.643. The largest absolute Gasteiger partial charge is 0.308 e. The van der Waals surface area contributed by atoms with Gasteiger partial charge < -0.3 is 4.40 Å². The number of fused-ring (bicyclic) bond motifs is 5. The van der Waals surface area contributed by atoms with Crippen LogP contribution in [0.25, 0.3) is 53.8 Å². The number of hydrogen-bond donors (Lipinski definition) is 0. The summed E-state index contributed by atoms with van der Waals surface area (Å²) in [5.41, 5.74) is 8.51. The molecule has 0 amide bonds. The van der Waals surface area contributed by atoms with Crippen molar-refractivity contribution in [2.45, 2.75) is 39.0 Å². The minimum atomic E-state index is 0.700. The lowest BCUT2D eigenvalue weighted by Crippen LogP contribution is -2.29. The maximum Gasteiger partial charge on any atom is 0.224 e. The Morgan fingerprint density at radius 1 is 0.970 bits per heavy atom. The molecule has 3 aromatic carbocycles. The number of benzene rings is 3. The first kappa shape index (κ1) is 18.9. The van der Waals surface area contributed by atoms with Crippen molar-refractivity contribution in [3.63, 3.8) is 0 Å². The van der Waals surface area contributed by atoms with E-state index >= 15 is 0 Å². The molecule has 1 aliphatic rings. The Hall–Kier alpha value is -3.64. The summed E-state index contributed by atoms with van der Waals surface area (Å²) in [6.45, 7) is 9.77. The van der Waals surface area contributed by atoms with Gasteiger partial charge in [0.1, 0.15) is 7.05 Å². The molecular formula is C30H26N3+. The van der Waals surface area contributed by atoms with E-state index in [4.69, 9.17) is 6.57 Å². The van der Waals surface area contributed by atoms with Crippen LogP contribution in [0.1, 0.15) is 36.8 Å². The van der Waals surface area contributed by atoms with Gasteiger partial charge in [0.2, 0.25) is 5.52 Å². The fourth-order valence-electron chi connectivity index (χ4n) is 6.50. The van der Waals surface area contributed by atoms with Crippen LogP contribution in [0.15, 0.2) is 54.7 Å². The summed E-state index contributed by atoms with van der Waals surface area (Å²) >= 11 is 0. The third-order valence-electron chi connectivity index (χ3n) is 8.00. The molecule has 3 nitrogen and oxygen atoms in total. The smallest absolute Gasteiger partial charge is 0.224 e. The highest BCUT2D eigenvalue weighted by Crippen LogP contribution is 2.42. The van der Waals surface area contributed by atoms with Crippen molar-refractivity contribution in [3.8, 4) is 0 Å². The normalized spacial score (nSPS) is 15.1. The number of pyridine rings is 2. The molecule has 0 aliphatic heterocycles. The maximum absolute atomic E-state index is 7.54. The van der Waals surface area contributed by atoms with E-state index in [2.05, 4.69) is 76.4 Å². The van der Waals surface area contributed by atoms with E-state index < -0.39 is 0 Å². The first-order valence-electron chi connectivity index (χ1n) is 12.1. The minimum Gasteiger partial charge on any atom is -0.308 e. The van der Waals surface area contributed by atoms with Crippen LogP contribution in [-0.4, -0.2) is 4.40 Å². The molecule has 33 heavy (non-hydrogen) atoms. The van der Waals surface area contributed by atoms with Gasteiger partial charge in [-0.1, -0.05) is 49.9 Å². The zero-order chi connectivity index (χ0) is 22.3. The molecule has 0 bridgehead atoms. The lowest BCUT2D eigenvalue weighted by atomic mass is 9.94. The molecule has 160 valence electrons. The second kappa shape index (κ2) is 6.68. The molecule has 0 N–H and O–H groups in total. The summed E-state index contributed by atoms with van der Waals surface area (Å²) in [5, 5.41) is 6.39. The van der Waals surface area contributed by atoms with Gasteiger partial charge in [-0.15, -0.1) is 0 Å². The molecule has 7 rings (SSSR count). The monoisotopic (exact) mass is 428 g/mol. The molecule has 1 aliphatic carbocycles. The van der Waals surface area contributed by atoms with Crippen LogP contribution in [0.5, 0.6) is 0 Å². The van der Waals surface area contributed by atoms with E-state index in [1.54, 1.807) is 0 Å². The second-order valence-electron chi connectivity index (χ2n) is 10.0.